The van der Waals surface area contributed by atoms with Crippen molar-refractivity contribution >= 4 is 0 Å². The Morgan fingerprint density at radius 3 is 2.67 bits per heavy atom. The van der Waals surface area contributed by atoms with Crippen LogP contribution in [0.2, 0.25) is 0 Å². The van der Waals surface area contributed by atoms with Gasteiger partial charge in [-0.25, -0.2) is 0 Å². The minimum absolute atomic E-state index is 0.00171. The summed E-state index contributed by atoms with van der Waals surface area (Å²) in [5.41, 5.74) is 0. The van der Waals surface area contributed by atoms with Crippen molar-refractivity contribution in [1.82, 2.24) is 0 Å². The van der Waals surface area contributed by atoms with Crippen LogP contribution in [-0.2, 0) is 0 Å². The molecule has 1 saturated carbocycles. The summed E-state index contributed by atoms with van der Waals surface area (Å²) in [4.78, 5) is 0. The number of aliphatic hydroxyl groups is 1. The van der Waals surface area contributed by atoms with Crippen LogP contribution in [0.25, 0.3) is 0 Å². The maximum atomic E-state index is 9.61. The first-order chi connectivity index (χ1) is 5.83. The molecule has 0 aromatic heterocycles. The highest BCUT2D eigenvalue weighted by molar-refractivity contribution is 4.68. The van der Waals surface area contributed by atoms with E-state index in [-0.39, 0.29) is 6.10 Å². The predicted molar refractivity (Wildman–Crippen MR) is 52.1 cm³/mol. The Morgan fingerprint density at radius 1 is 1.17 bits per heavy atom. The molecule has 1 aliphatic carbocycles. The van der Waals surface area contributed by atoms with Crippen LogP contribution >= 0.6 is 0 Å². The summed E-state index contributed by atoms with van der Waals surface area (Å²) in [6, 6.07) is 0. The highest BCUT2D eigenvalue weighted by atomic mass is 16.3. The van der Waals surface area contributed by atoms with Crippen LogP contribution in [0.15, 0.2) is 0 Å². The molecule has 12 heavy (non-hydrogen) atoms. The van der Waals surface area contributed by atoms with Crippen molar-refractivity contribution in [3.8, 4) is 0 Å². The first-order valence-electron chi connectivity index (χ1n) is 5.51. The minimum Gasteiger partial charge on any atom is -0.393 e. The van der Waals surface area contributed by atoms with Crippen molar-refractivity contribution < 1.29 is 5.11 Å². The van der Waals surface area contributed by atoms with Crippen molar-refractivity contribution in [3.05, 3.63) is 0 Å². The summed E-state index contributed by atoms with van der Waals surface area (Å²) >= 11 is 0. The molecule has 72 valence electrons. The molecule has 1 nitrogen and oxygen atoms in total. The fourth-order valence-electron chi connectivity index (χ4n) is 2.28. The highest BCUT2D eigenvalue weighted by Gasteiger charge is 2.15. The first-order valence-corrected chi connectivity index (χ1v) is 5.51. The standard InChI is InChI=1S/C11H22O/c1-2-6-10-7-4-3-5-8-11(12)9-10/h10-12H,2-9H2,1H3. The van der Waals surface area contributed by atoms with Gasteiger partial charge >= 0.3 is 0 Å². The Balaban J connectivity index is 2.27. The van der Waals surface area contributed by atoms with E-state index >= 15 is 0 Å². The second-order valence-electron chi connectivity index (χ2n) is 4.18. The molecule has 0 aromatic carbocycles. The lowest BCUT2D eigenvalue weighted by Crippen LogP contribution is -2.15. The molecule has 1 aliphatic rings. The molecule has 0 spiro atoms. The third-order valence-corrected chi connectivity index (χ3v) is 2.95. The van der Waals surface area contributed by atoms with E-state index in [1.807, 2.05) is 0 Å². The summed E-state index contributed by atoms with van der Waals surface area (Å²) in [6.07, 6.45) is 10.0. The summed E-state index contributed by atoms with van der Waals surface area (Å²) in [6.45, 7) is 2.24. The number of hydrogen-bond donors (Lipinski definition) is 1. The van der Waals surface area contributed by atoms with Crippen molar-refractivity contribution in [3.63, 3.8) is 0 Å². The van der Waals surface area contributed by atoms with Crippen molar-refractivity contribution in [2.24, 2.45) is 5.92 Å². The molecule has 0 radical (unpaired) electrons. The Labute approximate surface area is 76.2 Å². The van der Waals surface area contributed by atoms with Gasteiger partial charge in [-0.15, -0.1) is 0 Å². The zero-order valence-electron chi connectivity index (χ0n) is 8.26. The molecule has 1 rings (SSSR count). The second-order valence-corrected chi connectivity index (χ2v) is 4.18. The van der Waals surface area contributed by atoms with Gasteiger partial charge in [0.1, 0.15) is 0 Å². The van der Waals surface area contributed by atoms with Gasteiger partial charge in [-0.2, -0.15) is 0 Å². The summed E-state index contributed by atoms with van der Waals surface area (Å²) < 4.78 is 0. The van der Waals surface area contributed by atoms with Gasteiger partial charge in [-0.3, -0.25) is 0 Å². The van der Waals surface area contributed by atoms with Crippen LogP contribution in [-0.4, -0.2) is 11.2 Å². The van der Waals surface area contributed by atoms with Gasteiger partial charge in [0, 0.05) is 0 Å². The summed E-state index contributed by atoms with van der Waals surface area (Å²) in [5.74, 6) is 0.810. The molecule has 0 amide bonds. The van der Waals surface area contributed by atoms with E-state index in [1.54, 1.807) is 0 Å². The number of hydrogen-bond acceptors (Lipinski definition) is 1. The van der Waals surface area contributed by atoms with Crippen LogP contribution in [0.4, 0.5) is 0 Å². The zero-order valence-corrected chi connectivity index (χ0v) is 8.26. The monoisotopic (exact) mass is 170 g/mol. The van der Waals surface area contributed by atoms with Gasteiger partial charge in [-0.05, 0) is 18.8 Å². The number of aliphatic hydroxyl groups excluding tert-OH is 1. The predicted octanol–water partition coefficient (Wildman–Crippen LogP) is 3.12. The molecule has 1 N–H and O–H groups in total. The molecule has 2 atom stereocenters. The van der Waals surface area contributed by atoms with Crippen LogP contribution < -0.4 is 0 Å². The van der Waals surface area contributed by atoms with Crippen molar-refractivity contribution in [2.75, 3.05) is 0 Å². The molecular formula is C11H22O. The van der Waals surface area contributed by atoms with E-state index < -0.39 is 0 Å². The largest absolute Gasteiger partial charge is 0.393 e. The van der Waals surface area contributed by atoms with Gasteiger partial charge in [0.2, 0.25) is 0 Å². The molecule has 0 heterocycles. The average Bonchev–Trinajstić information content (AvgIpc) is 2.00. The Kier molecular flexibility index (Phi) is 4.67. The van der Waals surface area contributed by atoms with Crippen LogP contribution in [0.5, 0.6) is 0 Å². The second kappa shape index (κ2) is 5.58. The van der Waals surface area contributed by atoms with Crippen LogP contribution in [0.1, 0.15) is 58.3 Å². The zero-order chi connectivity index (χ0) is 8.81. The van der Waals surface area contributed by atoms with Crippen molar-refractivity contribution in [1.29, 1.82) is 0 Å². The van der Waals surface area contributed by atoms with Crippen LogP contribution in [0, 0.1) is 5.92 Å². The SMILES string of the molecule is CCCC1CCCCCC(O)C1. The Hall–Kier alpha value is -0.0400. The highest BCUT2D eigenvalue weighted by Crippen LogP contribution is 2.25. The third kappa shape index (κ3) is 3.57. The van der Waals surface area contributed by atoms with Gasteiger partial charge in [0.05, 0.1) is 6.10 Å². The fourth-order valence-corrected chi connectivity index (χ4v) is 2.28. The number of rotatable bonds is 2. The quantitative estimate of drug-likeness (QED) is 0.675. The summed E-state index contributed by atoms with van der Waals surface area (Å²) in [7, 11) is 0. The lowest BCUT2D eigenvalue weighted by Gasteiger charge is -2.22. The lowest BCUT2D eigenvalue weighted by atomic mass is 9.87. The van der Waals surface area contributed by atoms with Crippen LogP contribution in [0.3, 0.4) is 0 Å². The molecule has 0 saturated heterocycles. The van der Waals surface area contributed by atoms with E-state index in [1.165, 1.54) is 38.5 Å². The Morgan fingerprint density at radius 2 is 1.92 bits per heavy atom. The minimum atomic E-state index is 0.00171. The average molecular weight is 170 g/mol. The van der Waals surface area contributed by atoms with E-state index in [0.29, 0.717) is 0 Å². The molecule has 0 bridgehead atoms. The maximum absolute atomic E-state index is 9.61. The Bertz CT molecular complexity index is 112. The lowest BCUT2D eigenvalue weighted by molar-refractivity contribution is 0.116. The molecular weight excluding hydrogens is 148 g/mol. The normalized spacial score (nSPS) is 32.5. The molecule has 0 aromatic rings. The van der Waals surface area contributed by atoms with Gasteiger partial charge in [0.25, 0.3) is 0 Å². The smallest absolute Gasteiger partial charge is 0.0542 e. The van der Waals surface area contributed by atoms with Crippen molar-refractivity contribution in [2.45, 2.75) is 64.4 Å². The first kappa shape index (κ1) is 10.0. The van der Waals surface area contributed by atoms with E-state index in [9.17, 15) is 5.11 Å². The van der Waals surface area contributed by atoms with Gasteiger partial charge < -0.3 is 5.11 Å². The topological polar surface area (TPSA) is 20.2 Å². The van der Waals surface area contributed by atoms with E-state index in [2.05, 4.69) is 6.92 Å². The molecule has 0 aliphatic heterocycles. The molecule has 2 unspecified atom stereocenters. The third-order valence-electron chi connectivity index (χ3n) is 2.95. The molecule has 1 fully saturated rings. The summed E-state index contributed by atoms with van der Waals surface area (Å²) in [5, 5.41) is 9.61. The maximum Gasteiger partial charge on any atom is 0.0542 e. The molecule has 1 heteroatoms. The fraction of sp³-hybridized carbons (Fsp3) is 1.00. The van der Waals surface area contributed by atoms with Gasteiger partial charge in [0.15, 0.2) is 0 Å². The van der Waals surface area contributed by atoms with E-state index in [0.717, 1.165) is 18.8 Å². The van der Waals surface area contributed by atoms with E-state index in [4.69, 9.17) is 0 Å². The van der Waals surface area contributed by atoms with Gasteiger partial charge in [-0.1, -0.05) is 45.4 Å².